The van der Waals surface area contributed by atoms with Crippen molar-refractivity contribution in [3.63, 3.8) is 0 Å². The number of halogens is 1. The number of nitrogens with two attached hydrogens (primary N) is 1. The summed E-state index contributed by atoms with van der Waals surface area (Å²) in [4.78, 5) is 56.9. The summed E-state index contributed by atoms with van der Waals surface area (Å²) in [6.07, 6.45) is 19.7. The largest absolute Gasteiger partial charge is 0.466 e. The third-order valence-electron chi connectivity index (χ3n) is 11.8. The molecule has 12 nitrogen and oxygen atoms in total. The Kier molecular flexibility index (Phi) is 40.7. The lowest BCUT2D eigenvalue weighted by Crippen LogP contribution is -2.43. The standard InChI is InChI=1S/C17H34O5Si.C16H31ClO.C16H33NO5Si/c1-8-12-20-15(18)10-11-16(19)22-14(9-2)13-21-23(6,7)17(3,4)5;1-2-3-4-5-6-7-8-9-10-11-12-13-14-15-16(17)18;1-7-13(12-21-23(5,6)16(2,3)4)22-15(19)9-8-14(18)20-11-10-17/h14H,8-13H2,1-7H3;2-15H2,1H3;13H,7-12,17H2,1-6H3. The van der Waals surface area contributed by atoms with Gasteiger partial charge in [-0.25, -0.2) is 0 Å². The fourth-order valence-corrected chi connectivity index (χ4v) is 7.42. The Bertz CT molecular complexity index is 1150. The zero-order chi connectivity index (χ0) is 49.7. The summed E-state index contributed by atoms with van der Waals surface area (Å²) >= 11 is 5.28. The molecule has 0 aromatic carbocycles. The highest BCUT2D eigenvalue weighted by atomic mass is 35.5. The molecule has 0 saturated heterocycles. The molecule has 380 valence electrons. The van der Waals surface area contributed by atoms with Gasteiger partial charge in [0.15, 0.2) is 16.6 Å². The molecule has 2 unspecified atom stereocenters. The molecular formula is C49H98ClNO11Si2. The van der Waals surface area contributed by atoms with Crippen LogP contribution in [0.2, 0.25) is 36.3 Å². The molecule has 0 aliphatic rings. The number of carbonyl (C=O) groups is 5. The molecule has 2 N–H and O–H groups in total. The number of unbranched alkanes of at least 4 members (excludes halogenated alkanes) is 12. The second kappa shape index (κ2) is 39.2. The first-order valence-corrected chi connectivity index (χ1v) is 30.9. The summed E-state index contributed by atoms with van der Waals surface area (Å²) in [5.41, 5.74) is 5.24. The Morgan fingerprint density at radius 2 is 0.812 bits per heavy atom. The van der Waals surface area contributed by atoms with Gasteiger partial charge in [-0.2, -0.15) is 0 Å². The van der Waals surface area contributed by atoms with Gasteiger partial charge in [0.25, 0.3) is 0 Å². The minimum Gasteiger partial charge on any atom is -0.466 e. The minimum atomic E-state index is -1.86. The third-order valence-corrected chi connectivity index (χ3v) is 21.0. The number of carbonyl (C=O) groups excluding carboxylic acids is 5. The van der Waals surface area contributed by atoms with Gasteiger partial charge in [-0.15, -0.1) is 0 Å². The van der Waals surface area contributed by atoms with Crippen molar-refractivity contribution in [3.05, 3.63) is 0 Å². The van der Waals surface area contributed by atoms with Crippen molar-refractivity contribution in [1.82, 2.24) is 0 Å². The molecule has 0 aliphatic heterocycles. The van der Waals surface area contributed by atoms with E-state index in [1.165, 1.54) is 70.6 Å². The number of hydrogen-bond donors (Lipinski definition) is 1. The highest BCUT2D eigenvalue weighted by Gasteiger charge is 2.38. The van der Waals surface area contributed by atoms with E-state index >= 15 is 0 Å². The maximum absolute atomic E-state index is 11.8. The summed E-state index contributed by atoms with van der Waals surface area (Å²) in [5.74, 6) is -1.56. The van der Waals surface area contributed by atoms with Crippen molar-refractivity contribution in [2.24, 2.45) is 5.73 Å². The average molecular weight is 969 g/mol. The first kappa shape index (κ1) is 66.4. The van der Waals surface area contributed by atoms with Crippen molar-refractivity contribution in [3.8, 4) is 0 Å². The SMILES string of the molecule is CCC(CO[Si](C)(C)C(C)(C)C)OC(=O)CCC(=O)OCCN.CCCCCCCCCCCCCCCC(=O)Cl.CCCOC(=O)CCC(=O)OC(CC)CO[Si](C)(C)C(C)(C)C. The molecule has 0 aromatic rings. The van der Waals surface area contributed by atoms with Gasteiger partial charge in [0, 0.05) is 13.0 Å². The van der Waals surface area contributed by atoms with Crippen LogP contribution in [0.5, 0.6) is 0 Å². The van der Waals surface area contributed by atoms with Crippen LogP contribution in [0, 0.1) is 0 Å². The van der Waals surface area contributed by atoms with E-state index in [4.69, 9.17) is 45.1 Å². The van der Waals surface area contributed by atoms with Crippen molar-refractivity contribution >= 4 is 57.4 Å². The van der Waals surface area contributed by atoms with Gasteiger partial charge in [-0.3, -0.25) is 24.0 Å². The highest BCUT2D eigenvalue weighted by Crippen LogP contribution is 2.37. The highest BCUT2D eigenvalue weighted by molar-refractivity contribution is 6.74. The van der Waals surface area contributed by atoms with Crippen LogP contribution in [-0.2, 0) is 51.8 Å². The third kappa shape index (κ3) is 39.3. The van der Waals surface area contributed by atoms with Crippen LogP contribution in [0.1, 0.15) is 204 Å². The zero-order valence-electron chi connectivity index (χ0n) is 43.5. The van der Waals surface area contributed by atoms with Crippen LogP contribution in [-0.4, -0.2) is 90.9 Å². The Morgan fingerprint density at radius 3 is 1.11 bits per heavy atom. The van der Waals surface area contributed by atoms with Crippen molar-refractivity contribution in [1.29, 1.82) is 0 Å². The van der Waals surface area contributed by atoms with E-state index in [-0.39, 0.29) is 78.3 Å². The molecule has 0 saturated carbocycles. The summed E-state index contributed by atoms with van der Waals surface area (Å²) in [6.45, 7) is 31.4. The number of hydrogen-bond acceptors (Lipinski definition) is 12. The summed E-state index contributed by atoms with van der Waals surface area (Å²) in [7, 11) is -3.72. The maximum Gasteiger partial charge on any atom is 0.306 e. The van der Waals surface area contributed by atoms with E-state index in [9.17, 15) is 24.0 Å². The van der Waals surface area contributed by atoms with E-state index in [0.717, 1.165) is 19.3 Å². The number of rotatable bonds is 34. The quantitative estimate of drug-likeness (QED) is 0.0213. The van der Waals surface area contributed by atoms with Crippen LogP contribution in [0.3, 0.4) is 0 Å². The van der Waals surface area contributed by atoms with E-state index < -0.39 is 28.6 Å². The van der Waals surface area contributed by atoms with Gasteiger partial charge in [0.05, 0.1) is 45.5 Å². The Balaban J connectivity index is -0.000000880. The Hall–Kier alpha value is -1.85. The van der Waals surface area contributed by atoms with Gasteiger partial charge < -0.3 is 33.5 Å². The molecular weight excluding hydrogens is 870 g/mol. The molecule has 0 bridgehead atoms. The number of esters is 4. The second-order valence-corrected chi connectivity index (χ2v) is 29.8. The smallest absolute Gasteiger partial charge is 0.306 e. The van der Waals surface area contributed by atoms with Crippen LogP contribution in [0.25, 0.3) is 0 Å². The molecule has 0 amide bonds. The van der Waals surface area contributed by atoms with Gasteiger partial charge in [0.2, 0.25) is 5.24 Å². The van der Waals surface area contributed by atoms with Gasteiger partial charge in [-0.1, -0.05) is 146 Å². The summed E-state index contributed by atoms with van der Waals surface area (Å²) < 4.78 is 32.7. The lowest BCUT2D eigenvalue weighted by Gasteiger charge is -2.37. The van der Waals surface area contributed by atoms with Crippen LogP contribution in [0.15, 0.2) is 0 Å². The molecule has 0 fully saturated rings. The van der Waals surface area contributed by atoms with Crippen LogP contribution >= 0.6 is 11.6 Å². The van der Waals surface area contributed by atoms with Gasteiger partial charge in [0.1, 0.15) is 18.8 Å². The zero-order valence-corrected chi connectivity index (χ0v) is 46.2. The van der Waals surface area contributed by atoms with Crippen molar-refractivity contribution in [2.75, 3.05) is 33.0 Å². The number of ether oxygens (including phenoxy) is 4. The molecule has 0 aliphatic carbocycles. The average Bonchev–Trinajstić information content (AvgIpc) is 3.21. The molecule has 0 heterocycles. The lowest BCUT2D eigenvalue weighted by atomic mass is 10.0. The first-order chi connectivity index (χ1) is 29.8. The monoisotopic (exact) mass is 968 g/mol. The molecule has 2 atom stereocenters. The van der Waals surface area contributed by atoms with Crippen molar-refractivity contribution < 1.29 is 51.8 Å². The van der Waals surface area contributed by atoms with Gasteiger partial charge >= 0.3 is 23.9 Å². The fraction of sp³-hybridized carbons (Fsp3) is 0.898. The molecule has 0 rings (SSSR count). The van der Waals surface area contributed by atoms with E-state index in [1.54, 1.807) is 0 Å². The predicted molar refractivity (Wildman–Crippen MR) is 268 cm³/mol. The van der Waals surface area contributed by atoms with E-state index in [2.05, 4.69) is 74.7 Å². The maximum atomic E-state index is 11.8. The lowest BCUT2D eigenvalue weighted by molar-refractivity contribution is -0.155. The fourth-order valence-electron chi connectivity index (χ4n) is 5.22. The molecule has 64 heavy (non-hydrogen) atoms. The van der Waals surface area contributed by atoms with E-state index in [1.807, 2.05) is 20.8 Å². The normalized spacial score (nSPS) is 12.8. The van der Waals surface area contributed by atoms with Gasteiger partial charge in [-0.05, 0) is 73.5 Å². The van der Waals surface area contributed by atoms with Crippen LogP contribution in [0.4, 0.5) is 0 Å². The second-order valence-electron chi connectivity index (χ2n) is 19.8. The predicted octanol–water partition coefficient (Wildman–Crippen LogP) is 12.9. The summed E-state index contributed by atoms with van der Waals surface area (Å²) in [6, 6.07) is 0. The van der Waals surface area contributed by atoms with Crippen molar-refractivity contribution in [2.45, 2.75) is 253 Å². The molecule has 15 heteroatoms. The topological polar surface area (TPSA) is 167 Å². The van der Waals surface area contributed by atoms with E-state index in [0.29, 0.717) is 39.1 Å². The summed E-state index contributed by atoms with van der Waals surface area (Å²) in [5, 5.41) is 0.0542. The molecule has 0 spiro atoms. The minimum absolute atomic E-state index is 0.0123. The Morgan fingerprint density at radius 1 is 0.484 bits per heavy atom. The Labute approximate surface area is 398 Å². The van der Waals surface area contributed by atoms with Crippen LogP contribution < -0.4 is 5.73 Å². The first-order valence-electron chi connectivity index (χ1n) is 24.7. The molecule has 0 aromatic heterocycles. The molecule has 0 radical (unpaired) electrons.